The van der Waals surface area contributed by atoms with Crippen molar-refractivity contribution < 1.29 is 32.9 Å². The van der Waals surface area contributed by atoms with Crippen LogP contribution in [-0.2, 0) is 18.4 Å². The highest BCUT2D eigenvalue weighted by Gasteiger charge is 2.27. The standard InChI is InChI=1S/C49H97N2O6P/c1-6-8-10-12-14-16-18-20-22-24-25-27-29-31-33-35-37-39-41-43-49(53)50-47(46-57-58(54,55)56-45-44-51(3,4)5)48(52)42-40-38-36-34-32-30-28-26-23-21-19-17-15-13-11-9-7-2/h24-25,40,42,47-48,52H,6-23,26-39,41,43-46H2,1-5H3,(H-,50,53,54,55)/p+1/b25-24-,42-40+. The Morgan fingerprint density at radius 1 is 0.569 bits per heavy atom. The van der Waals surface area contributed by atoms with Crippen LogP contribution in [0.25, 0.3) is 0 Å². The molecule has 344 valence electrons. The van der Waals surface area contributed by atoms with Crippen LogP contribution >= 0.6 is 7.82 Å². The summed E-state index contributed by atoms with van der Waals surface area (Å²) in [6.07, 6.45) is 49.6. The molecule has 0 rings (SSSR count). The van der Waals surface area contributed by atoms with Gasteiger partial charge < -0.3 is 19.8 Å². The number of carbonyl (C=O) groups excluding carboxylic acids is 1. The Morgan fingerprint density at radius 3 is 1.33 bits per heavy atom. The quantitative estimate of drug-likeness (QED) is 0.0244. The van der Waals surface area contributed by atoms with Gasteiger partial charge in [-0.15, -0.1) is 0 Å². The molecule has 0 aromatic carbocycles. The molecule has 0 aliphatic carbocycles. The summed E-state index contributed by atoms with van der Waals surface area (Å²) in [5.74, 6) is -0.180. The van der Waals surface area contributed by atoms with E-state index in [2.05, 4.69) is 31.3 Å². The van der Waals surface area contributed by atoms with Crippen LogP contribution in [0.3, 0.4) is 0 Å². The summed E-state index contributed by atoms with van der Waals surface area (Å²) in [4.78, 5) is 23.2. The second-order valence-corrected chi connectivity index (χ2v) is 19.6. The fourth-order valence-electron chi connectivity index (χ4n) is 7.21. The number of aliphatic hydroxyl groups is 1. The van der Waals surface area contributed by atoms with Gasteiger partial charge in [0.15, 0.2) is 0 Å². The molecule has 0 radical (unpaired) electrons. The molecule has 0 saturated carbocycles. The number of hydrogen-bond donors (Lipinski definition) is 3. The Labute approximate surface area is 360 Å². The van der Waals surface area contributed by atoms with E-state index in [0.717, 1.165) is 38.5 Å². The lowest BCUT2D eigenvalue weighted by molar-refractivity contribution is -0.870. The SMILES string of the molecule is CCCCCCCCCC/C=C\CCCCCCCCCC(=O)NC(COP(=O)(O)OCC[N+](C)(C)C)C(O)/C=C/CCCCCCCCCCCCCCCCC. The van der Waals surface area contributed by atoms with Crippen molar-refractivity contribution in [2.45, 2.75) is 244 Å². The van der Waals surface area contributed by atoms with Crippen LogP contribution in [-0.4, -0.2) is 73.4 Å². The fourth-order valence-corrected chi connectivity index (χ4v) is 7.95. The van der Waals surface area contributed by atoms with Crippen molar-refractivity contribution in [3.05, 3.63) is 24.3 Å². The maximum atomic E-state index is 12.9. The average molecular weight is 842 g/mol. The molecule has 8 nitrogen and oxygen atoms in total. The second kappa shape index (κ2) is 41.3. The summed E-state index contributed by atoms with van der Waals surface area (Å²) >= 11 is 0. The number of phosphoric acid groups is 1. The van der Waals surface area contributed by atoms with Crippen molar-refractivity contribution >= 4 is 13.7 Å². The van der Waals surface area contributed by atoms with Gasteiger partial charge in [0, 0.05) is 6.42 Å². The molecule has 0 aromatic heterocycles. The number of rotatable bonds is 45. The number of amides is 1. The Kier molecular flexibility index (Phi) is 40.6. The normalized spacial score (nSPS) is 14.4. The molecule has 0 bridgehead atoms. The summed E-state index contributed by atoms with van der Waals surface area (Å²) in [6.45, 7) is 4.83. The van der Waals surface area contributed by atoms with E-state index in [4.69, 9.17) is 9.05 Å². The lowest BCUT2D eigenvalue weighted by Crippen LogP contribution is -2.45. The Balaban J connectivity index is 4.34. The van der Waals surface area contributed by atoms with E-state index in [1.54, 1.807) is 6.08 Å². The van der Waals surface area contributed by atoms with Crippen LogP contribution in [0.2, 0.25) is 0 Å². The van der Waals surface area contributed by atoms with Crippen LogP contribution in [0.15, 0.2) is 24.3 Å². The first-order valence-corrected chi connectivity index (χ1v) is 26.2. The van der Waals surface area contributed by atoms with Crippen molar-refractivity contribution in [2.24, 2.45) is 0 Å². The van der Waals surface area contributed by atoms with Gasteiger partial charge in [0.05, 0.1) is 39.9 Å². The Bertz CT molecular complexity index is 1000. The molecule has 0 aromatic rings. The van der Waals surface area contributed by atoms with E-state index < -0.39 is 20.0 Å². The van der Waals surface area contributed by atoms with E-state index in [1.165, 1.54) is 173 Å². The smallest absolute Gasteiger partial charge is 0.387 e. The number of nitrogens with one attached hydrogen (secondary N) is 1. The number of unbranched alkanes of at least 4 members (excludes halogenated alkanes) is 30. The molecule has 0 saturated heterocycles. The third-order valence-corrected chi connectivity index (χ3v) is 12.1. The predicted octanol–water partition coefficient (Wildman–Crippen LogP) is 14.1. The van der Waals surface area contributed by atoms with Crippen molar-refractivity contribution in [1.29, 1.82) is 0 Å². The third kappa shape index (κ3) is 43.1. The van der Waals surface area contributed by atoms with Gasteiger partial charge in [0.1, 0.15) is 13.2 Å². The van der Waals surface area contributed by atoms with Gasteiger partial charge in [0.2, 0.25) is 5.91 Å². The molecule has 0 spiro atoms. The first kappa shape index (κ1) is 57.0. The van der Waals surface area contributed by atoms with Gasteiger partial charge in [0.25, 0.3) is 0 Å². The van der Waals surface area contributed by atoms with E-state index in [0.29, 0.717) is 17.4 Å². The van der Waals surface area contributed by atoms with Gasteiger partial charge >= 0.3 is 7.82 Å². The molecule has 3 unspecified atom stereocenters. The van der Waals surface area contributed by atoms with E-state index in [-0.39, 0.29) is 19.1 Å². The van der Waals surface area contributed by atoms with Gasteiger partial charge in [-0.1, -0.05) is 205 Å². The number of carbonyl (C=O) groups is 1. The van der Waals surface area contributed by atoms with Gasteiger partial charge in [-0.05, 0) is 44.9 Å². The molecular formula is C49H98N2O6P+. The highest BCUT2D eigenvalue weighted by atomic mass is 31.2. The molecule has 0 fully saturated rings. The molecule has 1 amide bonds. The Morgan fingerprint density at radius 2 is 0.931 bits per heavy atom. The molecular weight excluding hydrogens is 744 g/mol. The van der Waals surface area contributed by atoms with Crippen molar-refractivity contribution in [3.63, 3.8) is 0 Å². The molecule has 3 N–H and O–H groups in total. The predicted molar refractivity (Wildman–Crippen MR) is 249 cm³/mol. The number of aliphatic hydroxyl groups excluding tert-OH is 1. The van der Waals surface area contributed by atoms with Gasteiger partial charge in [-0.2, -0.15) is 0 Å². The van der Waals surface area contributed by atoms with Crippen molar-refractivity contribution in [2.75, 3.05) is 40.9 Å². The maximum absolute atomic E-state index is 12.9. The fraction of sp³-hybridized carbons (Fsp3) is 0.898. The lowest BCUT2D eigenvalue weighted by atomic mass is 10.0. The number of likely N-dealkylation sites (N-methyl/N-ethyl adjacent to an activating group) is 1. The molecule has 9 heteroatoms. The summed E-state index contributed by atoms with van der Waals surface area (Å²) in [5, 5.41) is 13.9. The lowest BCUT2D eigenvalue weighted by Gasteiger charge is -2.25. The number of hydrogen-bond acceptors (Lipinski definition) is 5. The van der Waals surface area contributed by atoms with E-state index in [9.17, 15) is 19.4 Å². The van der Waals surface area contributed by atoms with E-state index in [1.807, 2.05) is 27.2 Å². The molecule has 0 aliphatic rings. The topological polar surface area (TPSA) is 105 Å². The highest BCUT2D eigenvalue weighted by Crippen LogP contribution is 2.43. The van der Waals surface area contributed by atoms with Crippen molar-refractivity contribution in [3.8, 4) is 0 Å². The number of nitrogens with zero attached hydrogens (tertiary/aromatic N) is 1. The summed E-state index contributed by atoms with van der Waals surface area (Å²) in [7, 11) is 1.57. The third-order valence-electron chi connectivity index (χ3n) is 11.2. The largest absolute Gasteiger partial charge is 0.472 e. The zero-order chi connectivity index (χ0) is 42.8. The average Bonchev–Trinajstić information content (AvgIpc) is 3.17. The van der Waals surface area contributed by atoms with Gasteiger partial charge in [-0.25, -0.2) is 4.57 Å². The zero-order valence-electron chi connectivity index (χ0n) is 39.0. The van der Waals surface area contributed by atoms with E-state index >= 15 is 0 Å². The minimum absolute atomic E-state index is 0.0620. The summed E-state index contributed by atoms with van der Waals surface area (Å²) in [5.41, 5.74) is 0. The zero-order valence-corrected chi connectivity index (χ0v) is 39.9. The van der Waals surface area contributed by atoms with Crippen molar-refractivity contribution in [1.82, 2.24) is 5.32 Å². The molecule has 0 heterocycles. The number of quaternary nitrogens is 1. The van der Waals surface area contributed by atoms with Crippen LogP contribution in [0.4, 0.5) is 0 Å². The minimum atomic E-state index is -4.34. The first-order chi connectivity index (χ1) is 28.0. The van der Waals surface area contributed by atoms with Crippen LogP contribution in [0, 0.1) is 0 Å². The van der Waals surface area contributed by atoms with Gasteiger partial charge in [-0.3, -0.25) is 13.8 Å². The van der Waals surface area contributed by atoms with Crippen LogP contribution in [0.5, 0.6) is 0 Å². The summed E-state index contributed by atoms with van der Waals surface area (Å²) in [6, 6.07) is -0.846. The molecule has 3 atom stereocenters. The number of allylic oxidation sites excluding steroid dienone is 3. The monoisotopic (exact) mass is 842 g/mol. The molecule has 0 aliphatic heterocycles. The first-order valence-electron chi connectivity index (χ1n) is 24.7. The van der Waals surface area contributed by atoms with Crippen LogP contribution < -0.4 is 5.32 Å². The number of phosphoric ester groups is 1. The Hall–Kier alpha value is -1.02. The van der Waals surface area contributed by atoms with Crippen LogP contribution in [0.1, 0.15) is 232 Å². The minimum Gasteiger partial charge on any atom is -0.387 e. The molecule has 58 heavy (non-hydrogen) atoms. The highest BCUT2D eigenvalue weighted by molar-refractivity contribution is 7.47. The summed E-state index contributed by atoms with van der Waals surface area (Å²) < 4.78 is 23.6. The maximum Gasteiger partial charge on any atom is 0.472 e. The second-order valence-electron chi connectivity index (χ2n) is 18.2.